The van der Waals surface area contributed by atoms with E-state index in [4.69, 9.17) is 0 Å². The van der Waals surface area contributed by atoms with Crippen LogP contribution in [0.4, 0.5) is 5.69 Å². The predicted molar refractivity (Wildman–Crippen MR) is 119 cm³/mol. The van der Waals surface area contributed by atoms with Gasteiger partial charge < -0.3 is 4.57 Å². The van der Waals surface area contributed by atoms with E-state index in [1.54, 1.807) is 32.3 Å². The number of aromatic nitrogens is 3. The van der Waals surface area contributed by atoms with Crippen LogP contribution in [0.3, 0.4) is 0 Å². The van der Waals surface area contributed by atoms with Gasteiger partial charge in [0.25, 0.3) is 11.2 Å². The second-order valence-corrected chi connectivity index (χ2v) is 7.63. The van der Waals surface area contributed by atoms with E-state index in [0.717, 1.165) is 10.1 Å². The summed E-state index contributed by atoms with van der Waals surface area (Å²) in [5, 5.41) is 11.9. The highest BCUT2D eigenvalue weighted by molar-refractivity contribution is 5.94. The Morgan fingerprint density at radius 1 is 1.00 bits per heavy atom. The number of nitro groups is 1. The number of hydrogen-bond acceptors (Lipinski definition) is 4. The molecule has 4 aromatic rings. The Bertz CT molecular complexity index is 1430. The van der Waals surface area contributed by atoms with Gasteiger partial charge in [-0.2, -0.15) is 0 Å². The third-order valence-corrected chi connectivity index (χ3v) is 5.68. The van der Waals surface area contributed by atoms with Crippen molar-refractivity contribution in [1.29, 1.82) is 0 Å². The lowest BCUT2D eigenvalue weighted by Crippen LogP contribution is -2.36. The van der Waals surface area contributed by atoms with Gasteiger partial charge in [-0.1, -0.05) is 42.5 Å². The van der Waals surface area contributed by atoms with Gasteiger partial charge in [-0.05, 0) is 18.9 Å². The fourth-order valence-electron chi connectivity index (χ4n) is 3.92. The van der Waals surface area contributed by atoms with Crippen LogP contribution in [0.25, 0.3) is 22.2 Å². The highest BCUT2D eigenvalue weighted by atomic mass is 16.6. The Hall–Kier alpha value is -3.94. The molecule has 4 rings (SSSR count). The van der Waals surface area contributed by atoms with Crippen molar-refractivity contribution in [1.82, 2.24) is 13.7 Å². The zero-order valence-electron chi connectivity index (χ0n) is 17.5. The highest BCUT2D eigenvalue weighted by Gasteiger charge is 2.21. The minimum Gasteiger partial charge on any atom is -0.344 e. The summed E-state index contributed by atoms with van der Waals surface area (Å²) in [6, 6.07) is 14.9. The monoisotopic (exact) mass is 418 g/mol. The number of rotatable bonds is 5. The molecule has 0 aliphatic carbocycles. The Morgan fingerprint density at radius 2 is 1.71 bits per heavy atom. The van der Waals surface area contributed by atoms with Crippen LogP contribution in [-0.4, -0.2) is 18.6 Å². The van der Waals surface area contributed by atoms with Crippen LogP contribution in [0, 0.1) is 17.0 Å². The molecule has 0 unspecified atom stereocenters. The molecule has 0 spiro atoms. The number of aryl methyl sites for hydroxylation is 4. The minimum absolute atomic E-state index is 0.0110. The smallest absolute Gasteiger partial charge is 0.330 e. The Morgan fingerprint density at radius 3 is 2.39 bits per heavy atom. The molecule has 31 heavy (non-hydrogen) atoms. The molecular weight excluding hydrogens is 396 g/mol. The molecule has 0 saturated heterocycles. The number of benzene rings is 2. The van der Waals surface area contributed by atoms with Crippen LogP contribution in [0.5, 0.6) is 0 Å². The van der Waals surface area contributed by atoms with Crippen LogP contribution in [0.15, 0.2) is 64.3 Å². The molecule has 0 aliphatic heterocycles. The van der Waals surface area contributed by atoms with Gasteiger partial charge >= 0.3 is 5.69 Å². The molecule has 8 heteroatoms. The van der Waals surface area contributed by atoms with E-state index in [-0.39, 0.29) is 5.69 Å². The Balaban J connectivity index is 1.99. The largest absolute Gasteiger partial charge is 0.344 e. The van der Waals surface area contributed by atoms with Gasteiger partial charge in [0.05, 0.1) is 21.5 Å². The summed E-state index contributed by atoms with van der Waals surface area (Å²) >= 11 is 0. The van der Waals surface area contributed by atoms with Crippen LogP contribution in [-0.2, 0) is 27.1 Å². The van der Waals surface area contributed by atoms with Gasteiger partial charge in [0.2, 0.25) is 0 Å². The summed E-state index contributed by atoms with van der Waals surface area (Å²) in [5.74, 6) is 0. The van der Waals surface area contributed by atoms with Gasteiger partial charge in [0, 0.05) is 44.0 Å². The lowest BCUT2D eigenvalue weighted by molar-refractivity contribution is -0.385. The lowest BCUT2D eigenvalue weighted by Gasteiger charge is -2.11. The molecule has 8 nitrogen and oxygen atoms in total. The molecule has 2 aromatic heterocycles. The highest BCUT2D eigenvalue weighted by Crippen LogP contribution is 2.32. The average molecular weight is 418 g/mol. The van der Waals surface area contributed by atoms with E-state index in [0.29, 0.717) is 40.7 Å². The molecule has 0 fully saturated rings. The van der Waals surface area contributed by atoms with Crippen molar-refractivity contribution in [2.75, 3.05) is 0 Å². The van der Waals surface area contributed by atoms with Crippen molar-refractivity contribution >= 4 is 16.6 Å². The zero-order valence-corrected chi connectivity index (χ0v) is 17.5. The molecule has 2 aromatic carbocycles. The summed E-state index contributed by atoms with van der Waals surface area (Å²) in [6.45, 7) is 2.23. The number of fused-ring (bicyclic) bond motifs is 1. The SMILES string of the molecule is Cc1ccc(-c2c3c(=O)n(C)c(=O)n(C)c3cn2CCc2ccccc2)cc1[N+](=O)[O-]. The first-order valence-electron chi connectivity index (χ1n) is 9.87. The van der Waals surface area contributed by atoms with Crippen molar-refractivity contribution in [3.8, 4) is 11.3 Å². The quantitative estimate of drug-likeness (QED) is 0.368. The van der Waals surface area contributed by atoms with Crippen molar-refractivity contribution in [2.24, 2.45) is 14.1 Å². The minimum atomic E-state index is -0.424. The van der Waals surface area contributed by atoms with Gasteiger partial charge in [0.15, 0.2) is 0 Å². The topological polar surface area (TPSA) is 92.1 Å². The first-order valence-corrected chi connectivity index (χ1v) is 9.87. The molecule has 0 saturated carbocycles. The third kappa shape index (κ3) is 3.46. The van der Waals surface area contributed by atoms with Crippen LogP contribution in [0.2, 0.25) is 0 Å². The van der Waals surface area contributed by atoms with Gasteiger partial charge in [-0.15, -0.1) is 0 Å². The molecule has 0 amide bonds. The summed E-state index contributed by atoms with van der Waals surface area (Å²) in [5.41, 5.74) is 2.46. The van der Waals surface area contributed by atoms with Crippen molar-refractivity contribution < 1.29 is 4.92 Å². The normalized spacial score (nSPS) is 11.2. The first-order chi connectivity index (χ1) is 14.8. The van der Waals surface area contributed by atoms with Gasteiger partial charge in [-0.3, -0.25) is 24.0 Å². The van der Waals surface area contributed by atoms with Crippen LogP contribution in [0.1, 0.15) is 11.1 Å². The van der Waals surface area contributed by atoms with Crippen LogP contribution >= 0.6 is 0 Å². The number of nitro benzene ring substituents is 1. The predicted octanol–water partition coefficient (Wildman–Crippen LogP) is 3.17. The van der Waals surface area contributed by atoms with Crippen LogP contribution < -0.4 is 11.2 Å². The molecule has 0 atom stereocenters. The molecule has 158 valence electrons. The van der Waals surface area contributed by atoms with E-state index < -0.39 is 16.2 Å². The van der Waals surface area contributed by atoms with Crippen molar-refractivity contribution in [3.63, 3.8) is 0 Å². The lowest BCUT2D eigenvalue weighted by atomic mass is 10.1. The Kier molecular flexibility index (Phi) is 5.06. The summed E-state index contributed by atoms with van der Waals surface area (Å²) in [4.78, 5) is 36.6. The van der Waals surface area contributed by atoms with Crippen molar-refractivity contribution in [2.45, 2.75) is 19.9 Å². The van der Waals surface area contributed by atoms with E-state index in [2.05, 4.69) is 0 Å². The molecule has 0 bridgehead atoms. The van der Waals surface area contributed by atoms with E-state index in [1.165, 1.54) is 17.7 Å². The summed E-state index contributed by atoms with van der Waals surface area (Å²) in [7, 11) is 3.06. The molecule has 0 radical (unpaired) electrons. The molecular formula is C23H22N4O4. The maximum absolute atomic E-state index is 13.1. The molecule has 0 aliphatic rings. The zero-order chi connectivity index (χ0) is 22.3. The third-order valence-electron chi connectivity index (χ3n) is 5.68. The standard InChI is InChI=1S/C23H22N4O4/c1-15-9-10-17(13-18(15)27(30)31)21-20-19(24(2)23(29)25(3)22(20)28)14-26(21)12-11-16-7-5-4-6-8-16/h4-10,13-14H,11-12H2,1-3H3. The Labute approximate surface area is 177 Å². The second kappa shape index (κ2) is 7.71. The molecule has 0 N–H and O–H groups in total. The van der Waals surface area contributed by atoms with Crippen molar-refractivity contribution in [3.05, 3.63) is 96.8 Å². The summed E-state index contributed by atoms with van der Waals surface area (Å²) in [6.07, 6.45) is 2.49. The first kappa shape index (κ1) is 20.3. The van der Waals surface area contributed by atoms with E-state index in [1.807, 2.05) is 34.9 Å². The fourth-order valence-corrected chi connectivity index (χ4v) is 3.92. The fraction of sp³-hybridized carbons (Fsp3) is 0.217. The maximum Gasteiger partial charge on any atom is 0.330 e. The van der Waals surface area contributed by atoms with Gasteiger partial charge in [-0.25, -0.2) is 4.79 Å². The van der Waals surface area contributed by atoms with E-state index in [9.17, 15) is 19.7 Å². The second-order valence-electron chi connectivity index (χ2n) is 7.63. The maximum atomic E-state index is 13.1. The van der Waals surface area contributed by atoms with E-state index >= 15 is 0 Å². The average Bonchev–Trinajstić information content (AvgIpc) is 3.15. The number of hydrogen-bond donors (Lipinski definition) is 0. The summed E-state index contributed by atoms with van der Waals surface area (Å²) < 4.78 is 4.41. The molecule has 2 heterocycles. The van der Waals surface area contributed by atoms with Gasteiger partial charge in [0.1, 0.15) is 0 Å². The number of nitrogens with zero attached hydrogens (tertiary/aromatic N) is 4.